The van der Waals surface area contributed by atoms with E-state index in [2.05, 4.69) is 4.98 Å². The third-order valence-corrected chi connectivity index (χ3v) is 2.56. The zero-order valence-electron chi connectivity index (χ0n) is 8.16. The number of thiazole rings is 1. The summed E-state index contributed by atoms with van der Waals surface area (Å²) in [5.74, 6) is -0.0554. The molecule has 2 N–H and O–H groups in total. The molecule has 0 aromatic carbocycles. The van der Waals surface area contributed by atoms with Gasteiger partial charge in [-0.15, -0.1) is 11.3 Å². The molecular weight excluding hydrogens is 200 g/mol. The van der Waals surface area contributed by atoms with E-state index in [1.54, 1.807) is 0 Å². The fraction of sp³-hybridized carbons (Fsp3) is 0.556. The molecule has 4 nitrogen and oxygen atoms in total. The number of rotatable bonds is 6. The molecule has 1 aromatic rings. The van der Waals surface area contributed by atoms with Crippen molar-refractivity contribution in [3.05, 3.63) is 16.1 Å². The summed E-state index contributed by atoms with van der Waals surface area (Å²) in [5.41, 5.74) is 6.27. The summed E-state index contributed by atoms with van der Waals surface area (Å²) in [5, 5.41) is 2.38. The van der Waals surface area contributed by atoms with Crippen molar-refractivity contribution in [1.82, 2.24) is 4.98 Å². The number of ketones is 1. The monoisotopic (exact) mass is 214 g/mol. The maximum atomic E-state index is 11.4. The van der Waals surface area contributed by atoms with Crippen molar-refractivity contribution in [2.75, 3.05) is 19.8 Å². The smallest absolute Gasteiger partial charge is 0.216 e. The van der Waals surface area contributed by atoms with Crippen LogP contribution in [0.1, 0.15) is 22.4 Å². The van der Waals surface area contributed by atoms with Crippen LogP contribution < -0.4 is 5.73 Å². The van der Waals surface area contributed by atoms with Crippen LogP contribution in [0.3, 0.4) is 0 Å². The Labute approximate surface area is 87.1 Å². The van der Waals surface area contributed by atoms with Gasteiger partial charge in [0.15, 0.2) is 5.01 Å². The predicted octanol–water partition coefficient (Wildman–Crippen LogP) is 0.864. The van der Waals surface area contributed by atoms with Gasteiger partial charge in [-0.3, -0.25) is 4.79 Å². The molecule has 0 radical (unpaired) electrons. The molecule has 0 atom stereocenters. The molecule has 0 aliphatic heterocycles. The predicted molar refractivity (Wildman–Crippen MR) is 55.7 cm³/mol. The molecule has 1 aromatic heterocycles. The van der Waals surface area contributed by atoms with Crippen LogP contribution in [0.4, 0.5) is 0 Å². The van der Waals surface area contributed by atoms with Crippen LogP contribution >= 0.6 is 11.3 Å². The number of hydrogen-bond donors (Lipinski definition) is 1. The summed E-state index contributed by atoms with van der Waals surface area (Å²) in [6.07, 6.45) is 0.721. The second-order valence-electron chi connectivity index (χ2n) is 2.74. The van der Waals surface area contributed by atoms with Crippen molar-refractivity contribution in [2.24, 2.45) is 5.73 Å². The van der Waals surface area contributed by atoms with E-state index >= 15 is 0 Å². The molecule has 0 spiro atoms. The van der Waals surface area contributed by atoms with Gasteiger partial charge in [-0.05, 0) is 13.5 Å². The molecule has 0 aliphatic carbocycles. The van der Waals surface area contributed by atoms with E-state index in [1.807, 2.05) is 12.3 Å². The average Bonchev–Trinajstić information content (AvgIpc) is 2.63. The zero-order chi connectivity index (χ0) is 10.4. The quantitative estimate of drug-likeness (QED) is 0.713. The van der Waals surface area contributed by atoms with E-state index in [0.717, 1.165) is 12.1 Å². The minimum Gasteiger partial charge on any atom is -0.373 e. The highest BCUT2D eigenvalue weighted by Crippen LogP contribution is 2.10. The summed E-state index contributed by atoms with van der Waals surface area (Å²) < 4.78 is 5.01. The summed E-state index contributed by atoms with van der Waals surface area (Å²) in [6, 6.07) is 0. The number of hydrogen-bond acceptors (Lipinski definition) is 5. The first kappa shape index (κ1) is 11.3. The number of nitrogens with zero attached hydrogens (tertiary/aromatic N) is 1. The summed E-state index contributed by atoms with van der Waals surface area (Å²) in [6.45, 7) is 3.08. The lowest BCUT2D eigenvalue weighted by Gasteiger charge is -1.96. The Bertz CT molecular complexity index is 299. The van der Waals surface area contributed by atoms with Crippen molar-refractivity contribution >= 4 is 17.1 Å². The number of nitrogens with two attached hydrogens (primary N) is 1. The molecule has 0 fully saturated rings. The Hall–Kier alpha value is -0.780. The number of carbonyl (C=O) groups excluding carboxylic acids is 1. The molecule has 1 rings (SSSR count). The molecule has 1 heterocycles. The third-order valence-electron chi connectivity index (χ3n) is 1.63. The standard InChI is InChI=1S/C9H14N2O2S/c1-2-13-5-8(12)9-11-7(3-4-10)6-14-9/h6H,2-5,10H2,1H3. The van der Waals surface area contributed by atoms with Crippen LogP contribution in [0.25, 0.3) is 0 Å². The highest BCUT2D eigenvalue weighted by atomic mass is 32.1. The van der Waals surface area contributed by atoms with E-state index < -0.39 is 0 Å². The van der Waals surface area contributed by atoms with Crippen molar-refractivity contribution in [2.45, 2.75) is 13.3 Å². The highest BCUT2D eigenvalue weighted by molar-refractivity contribution is 7.11. The Balaban J connectivity index is 2.53. The van der Waals surface area contributed by atoms with Crippen molar-refractivity contribution in [3.63, 3.8) is 0 Å². The molecule has 0 unspecified atom stereocenters. The number of aromatic nitrogens is 1. The van der Waals surface area contributed by atoms with E-state index in [4.69, 9.17) is 10.5 Å². The fourth-order valence-corrected chi connectivity index (χ4v) is 1.73. The first-order chi connectivity index (χ1) is 6.77. The Morgan fingerprint density at radius 1 is 1.71 bits per heavy atom. The Morgan fingerprint density at radius 3 is 3.14 bits per heavy atom. The van der Waals surface area contributed by atoms with Crippen LogP contribution in [0, 0.1) is 0 Å². The van der Waals surface area contributed by atoms with Crippen LogP contribution in [-0.4, -0.2) is 30.5 Å². The van der Waals surface area contributed by atoms with Gasteiger partial charge in [-0.25, -0.2) is 4.98 Å². The van der Waals surface area contributed by atoms with E-state index in [-0.39, 0.29) is 12.4 Å². The third kappa shape index (κ3) is 3.17. The van der Waals surface area contributed by atoms with Gasteiger partial charge in [0, 0.05) is 18.4 Å². The Morgan fingerprint density at radius 2 is 2.50 bits per heavy atom. The average molecular weight is 214 g/mol. The molecule has 78 valence electrons. The van der Waals surface area contributed by atoms with E-state index in [0.29, 0.717) is 18.2 Å². The van der Waals surface area contributed by atoms with Crippen LogP contribution in [-0.2, 0) is 11.2 Å². The van der Waals surface area contributed by atoms with Gasteiger partial charge in [-0.2, -0.15) is 0 Å². The minimum absolute atomic E-state index is 0.0554. The molecule has 0 saturated heterocycles. The second-order valence-corrected chi connectivity index (χ2v) is 3.60. The topological polar surface area (TPSA) is 65.2 Å². The zero-order valence-corrected chi connectivity index (χ0v) is 8.97. The lowest BCUT2D eigenvalue weighted by molar-refractivity contribution is 0.0783. The lowest BCUT2D eigenvalue weighted by Crippen LogP contribution is -2.09. The molecule has 5 heteroatoms. The number of ether oxygens (including phenoxy) is 1. The lowest BCUT2D eigenvalue weighted by atomic mass is 10.3. The largest absolute Gasteiger partial charge is 0.373 e. The van der Waals surface area contributed by atoms with Gasteiger partial charge in [-0.1, -0.05) is 0 Å². The number of Topliss-reactive ketones (excluding diaryl/α,β-unsaturated/α-hetero) is 1. The van der Waals surface area contributed by atoms with Gasteiger partial charge < -0.3 is 10.5 Å². The van der Waals surface area contributed by atoms with Crippen LogP contribution in [0.2, 0.25) is 0 Å². The molecule has 0 aliphatic rings. The molecule has 0 saturated carbocycles. The maximum Gasteiger partial charge on any atom is 0.216 e. The first-order valence-electron chi connectivity index (χ1n) is 4.53. The summed E-state index contributed by atoms with van der Waals surface area (Å²) in [4.78, 5) is 15.6. The molecule has 0 amide bonds. The van der Waals surface area contributed by atoms with E-state index in [9.17, 15) is 4.79 Å². The fourth-order valence-electron chi connectivity index (χ4n) is 0.954. The van der Waals surface area contributed by atoms with Crippen LogP contribution in [0.5, 0.6) is 0 Å². The van der Waals surface area contributed by atoms with Gasteiger partial charge >= 0.3 is 0 Å². The first-order valence-corrected chi connectivity index (χ1v) is 5.41. The van der Waals surface area contributed by atoms with Crippen molar-refractivity contribution in [1.29, 1.82) is 0 Å². The van der Waals surface area contributed by atoms with Crippen molar-refractivity contribution < 1.29 is 9.53 Å². The molecular formula is C9H14N2O2S. The summed E-state index contributed by atoms with van der Waals surface area (Å²) >= 11 is 1.35. The van der Waals surface area contributed by atoms with Crippen LogP contribution in [0.15, 0.2) is 5.38 Å². The number of carbonyl (C=O) groups is 1. The van der Waals surface area contributed by atoms with Gasteiger partial charge in [0.2, 0.25) is 5.78 Å². The van der Waals surface area contributed by atoms with Gasteiger partial charge in [0.1, 0.15) is 6.61 Å². The second kappa shape index (κ2) is 5.85. The maximum absolute atomic E-state index is 11.4. The summed E-state index contributed by atoms with van der Waals surface area (Å²) in [7, 11) is 0. The van der Waals surface area contributed by atoms with Gasteiger partial charge in [0.05, 0.1) is 5.69 Å². The highest BCUT2D eigenvalue weighted by Gasteiger charge is 2.10. The van der Waals surface area contributed by atoms with Crippen molar-refractivity contribution in [3.8, 4) is 0 Å². The SMILES string of the molecule is CCOCC(=O)c1nc(CCN)cs1. The van der Waals surface area contributed by atoms with E-state index in [1.165, 1.54) is 11.3 Å². The minimum atomic E-state index is -0.0554. The van der Waals surface area contributed by atoms with Gasteiger partial charge in [0.25, 0.3) is 0 Å². The normalized spacial score (nSPS) is 10.4. The Kier molecular flexibility index (Phi) is 4.72. The molecule has 0 bridgehead atoms. The molecule has 14 heavy (non-hydrogen) atoms.